The van der Waals surface area contributed by atoms with Gasteiger partial charge in [0.2, 0.25) is 5.91 Å². The van der Waals surface area contributed by atoms with Gasteiger partial charge in [-0.3, -0.25) is 19.4 Å². The minimum atomic E-state index is 0.0123. The second-order valence-electron chi connectivity index (χ2n) is 6.46. The van der Waals surface area contributed by atoms with E-state index < -0.39 is 0 Å². The van der Waals surface area contributed by atoms with Gasteiger partial charge < -0.3 is 5.32 Å². The lowest BCUT2D eigenvalue weighted by Crippen LogP contribution is -2.39. The highest BCUT2D eigenvalue weighted by Gasteiger charge is 2.22. The highest BCUT2D eigenvalue weighted by atomic mass is 16.1. The third kappa shape index (κ3) is 3.25. The van der Waals surface area contributed by atoms with E-state index in [1.807, 2.05) is 20.0 Å². The zero-order valence-electron chi connectivity index (χ0n) is 14.3. The molecule has 0 aromatic carbocycles. The van der Waals surface area contributed by atoms with Gasteiger partial charge in [0.05, 0.1) is 17.5 Å². The van der Waals surface area contributed by atoms with Gasteiger partial charge >= 0.3 is 0 Å². The minimum absolute atomic E-state index is 0.0123. The van der Waals surface area contributed by atoms with Crippen molar-refractivity contribution in [3.05, 3.63) is 34.4 Å². The van der Waals surface area contributed by atoms with E-state index in [9.17, 15) is 9.59 Å². The number of carbonyl (C=O) groups is 2. The van der Waals surface area contributed by atoms with Crippen molar-refractivity contribution >= 4 is 11.7 Å². The molecule has 0 saturated heterocycles. The maximum Gasteiger partial charge on any atom is 0.222 e. The molecule has 1 atom stereocenters. The van der Waals surface area contributed by atoms with Crippen molar-refractivity contribution in [1.29, 1.82) is 0 Å². The molecule has 7 heteroatoms. The van der Waals surface area contributed by atoms with Crippen molar-refractivity contribution in [2.45, 2.75) is 59.0 Å². The van der Waals surface area contributed by atoms with Gasteiger partial charge in [0.25, 0.3) is 0 Å². The Morgan fingerprint density at radius 1 is 1.42 bits per heavy atom. The van der Waals surface area contributed by atoms with Crippen LogP contribution in [0.4, 0.5) is 0 Å². The molecule has 1 aliphatic carbocycles. The van der Waals surface area contributed by atoms with Crippen LogP contribution in [0.15, 0.2) is 6.20 Å². The van der Waals surface area contributed by atoms with Crippen LogP contribution in [0.3, 0.4) is 0 Å². The number of aromatic amines is 1. The smallest absolute Gasteiger partial charge is 0.222 e. The molecule has 3 rings (SSSR count). The average Bonchev–Trinajstić information content (AvgIpc) is 3.08. The molecule has 128 valence electrons. The Labute approximate surface area is 140 Å². The number of Topliss-reactive ketones (excluding diaryl/α,β-unsaturated/α-hetero) is 1. The van der Waals surface area contributed by atoms with Crippen molar-refractivity contribution in [3.8, 4) is 0 Å². The molecule has 0 bridgehead atoms. The summed E-state index contributed by atoms with van der Waals surface area (Å²) in [7, 11) is 0. The first-order chi connectivity index (χ1) is 11.5. The molecule has 0 spiro atoms. The van der Waals surface area contributed by atoms with Gasteiger partial charge in [0, 0.05) is 36.8 Å². The molecule has 0 unspecified atom stereocenters. The average molecular weight is 329 g/mol. The van der Waals surface area contributed by atoms with Crippen LogP contribution >= 0.6 is 0 Å². The molecule has 0 saturated carbocycles. The highest BCUT2D eigenvalue weighted by molar-refractivity contribution is 5.96. The number of H-pyrrole nitrogens is 1. The van der Waals surface area contributed by atoms with Crippen LogP contribution in [-0.2, 0) is 24.2 Å². The van der Waals surface area contributed by atoms with Crippen LogP contribution in [0, 0.1) is 13.8 Å². The topological polar surface area (TPSA) is 92.7 Å². The van der Waals surface area contributed by atoms with Crippen molar-refractivity contribution in [3.63, 3.8) is 0 Å². The van der Waals surface area contributed by atoms with Crippen molar-refractivity contribution < 1.29 is 9.59 Å². The number of amides is 1. The van der Waals surface area contributed by atoms with E-state index in [1.54, 1.807) is 11.6 Å². The molecule has 2 aromatic rings. The second-order valence-corrected chi connectivity index (χ2v) is 6.46. The number of aryl methyl sites for hydroxylation is 3. The molecule has 2 N–H and O–H groups in total. The van der Waals surface area contributed by atoms with E-state index in [1.165, 1.54) is 5.56 Å². The highest BCUT2D eigenvalue weighted by Crippen LogP contribution is 2.19. The maximum absolute atomic E-state index is 12.2. The summed E-state index contributed by atoms with van der Waals surface area (Å²) in [6.45, 7) is 5.72. The predicted octanol–water partition coefficient (Wildman–Crippen LogP) is 1.49. The largest absolute Gasteiger partial charge is 0.353 e. The van der Waals surface area contributed by atoms with E-state index in [4.69, 9.17) is 0 Å². The zero-order chi connectivity index (χ0) is 17.3. The number of hydrogen-bond donors (Lipinski definition) is 2. The normalized spacial score (nSPS) is 16.7. The summed E-state index contributed by atoms with van der Waals surface area (Å²) in [5.41, 5.74) is 4.58. The first-order valence-electron chi connectivity index (χ1n) is 8.31. The molecule has 0 fully saturated rings. The fourth-order valence-corrected chi connectivity index (χ4v) is 3.46. The summed E-state index contributed by atoms with van der Waals surface area (Å²) in [5.74, 6) is 0.0261. The van der Waals surface area contributed by atoms with Gasteiger partial charge in [-0.15, -0.1) is 0 Å². The van der Waals surface area contributed by atoms with E-state index in [0.717, 1.165) is 36.3 Å². The summed E-state index contributed by atoms with van der Waals surface area (Å²) in [4.78, 5) is 23.9. The number of nitrogens with zero attached hydrogens (tertiary/aromatic N) is 3. The van der Waals surface area contributed by atoms with Crippen molar-refractivity contribution in [2.75, 3.05) is 0 Å². The molecule has 24 heavy (non-hydrogen) atoms. The molecule has 0 aliphatic heterocycles. The van der Waals surface area contributed by atoms with E-state index in [2.05, 4.69) is 20.6 Å². The van der Waals surface area contributed by atoms with Crippen LogP contribution in [0.5, 0.6) is 0 Å². The second kappa shape index (κ2) is 6.59. The Balaban J connectivity index is 1.55. The monoisotopic (exact) mass is 329 g/mol. The molecule has 7 nitrogen and oxygen atoms in total. The number of carbonyl (C=O) groups excluding carboxylic acids is 2. The molecular weight excluding hydrogens is 306 g/mol. The standard InChI is InChI=1S/C17H23N5O2/c1-10-17(12(3)23)11(2)22(21-10)7-6-16(24)19-14-5-4-13-9-18-20-15(13)8-14/h9,14H,4-8H2,1-3H3,(H,18,20)(H,19,24)/t14-/m1/s1. The number of fused-ring (bicyclic) bond motifs is 1. The van der Waals surface area contributed by atoms with Gasteiger partial charge in [-0.25, -0.2) is 0 Å². The summed E-state index contributed by atoms with van der Waals surface area (Å²) in [6.07, 6.45) is 4.90. The van der Waals surface area contributed by atoms with Crippen LogP contribution in [0.25, 0.3) is 0 Å². The van der Waals surface area contributed by atoms with Crippen molar-refractivity contribution in [1.82, 2.24) is 25.3 Å². The maximum atomic E-state index is 12.2. The third-order valence-electron chi connectivity index (χ3n) is 4.67. The Morgan fingerprint density at radius 2 is 2.21 bits per heavy atom. The number of rotatable bonds is 5. The van der Waals surface area contributed by atoms with Gasteiger partial charge in [0.1, 0.15) is 0 Å². The predicted molar refractivity (Wildman–Crippen MR) is 88.9 cm³/mol. The molecule has 1 amide bonds. The summed E-state index contributed by atoms with van der Waals surface area (Å²) in [6, 6.07) is 0.152. The zero-order valence-corrected chi connectivity index (χ0v) is 14.3. The molecule has 2 heterocycles. The van der Waals surface area contributed by atoms with Gasteiger partial charge in [-0.2, -0.15) is 10.2 Å². The number of aromatic nitrogens is 4. The Bertz CT molecular complexity index is 774. The molecule has 1 aliphatic rings. The Hall–Kier alpha value is -2.44. The number of ketones is 1. The summed E-state index contributed by atoms with van der Waals surface area (Å²) in [5, 5.41) is 14.5. The van der Waals surface area contributed by atoms with Crippen molar-refractivity contribution in [2.24, 2.45) is 0 Å². The third-order valence-corrected chi connectivity index (χ3v) is 4.67. The first kappa shape index (κ1) is 16.4. The first-order valence-corrected chi connectivity index (χ1v) is 8.31. The number of hydrogen-bond acceptors (Lipinski definition) is 4. The fraction of sp³-hybridized carbons (Fsp3) is 0.529. The lowest BCUT2D eigenvalue weighted by molar-refractivity contribution is -0.122. The SMILES string of the molecule is CC(=O)c1c(C)nn(CCC(=O)N[C@@H]2CCc3cn[nH]c3C2)c1C. The summed E-state index contributed by atoms with van der Waals surface area (Å²) >= 11 is 0. The molecular formula is C17H23N5O2. The lowest BCUT2D eigenvalue weighted by Gasteiger charge is -2.22. The van der Waals surface area contributed by atoms with Crippen LogP contribution in [0.1, 0.15) is 52.8 Å². The molecule has 0 radical (unpaired) electrons. The Morgan fingerprint density at radius 3 is 2.92 bits per heavy atom. The van der Waals surface area contributed by atoms with Crippen LogP contribution < -0.4 is 5.32 Å². The van der Waals surface area contributed by atoms with Crippen LogP contribution in [-0.4, -0.2) is 37.7 Å². The van der Waals surface area contributed by atoms with Crippen LogP contribution in [0.2, 0.25) is 0 Å². The minimum Gasteiger partial charge on any atom is -0.353 e. The van der Waals surface area contributed by atoms with E-state index in [0.29, 0.717) is 18.5 Å². The van der Waals surface area contributed by atoms with E-state index >= 15 is 0 Å². The lowest BCUT2D eigenvalue weighted by atomic mass is 9.94. The fourth-order valence-electron chi connectivity index (χ4n) is 3.46. The van der Waals surface area contributed by atoms with Gasteiger partial charge in [0.15, 0.2) is 5.78 Å². The van der Waals surface area contributed by atoms with E-state index in [-0.39, 0.29) is 17.7 Å². The number of nitrogens with one attached hydrogen (secondary N) is 2. The van der Waals surface area contributed by atoms with Gasteiger partial charge in [-0.1, -0.05) is 0 Å². The Kier molecular flexibility index (Phi) is 4.51. The van der Waals surface area contributed by atoms with Gasteiger partial charge in [-0.05, 0) is 39.2 Å². The molecule has 2 aromatic heterocycles. The quantitative estimate of drug-likeness (QED) is 0.813. The summed E-state index contributed by atoms with van der Waals surface area (Å²) < 4.78 is 1.75.